The number of hydrogen-bond acceptors (Lipinski definition) is 2. The van der Waals surface area contributed by atoms with Crippen molar-refractivity contribution >= 4 is 16.6 Å². The summed E-state index contributed by atoms with van der Waals surface area (Å²) in [7, 11) is 3.14. The highest BCUT2D eigenvalue weighted by atomic mass is 35.5. The van der Waals surface area contributed by atoms with Crippen LogP contribution in [0.15, 0.2) is 36.4 Å². The Labute approximate surface area is 89.1 Å². The van der Waals surface area contributed by atoms with Gasteiger partial charge in [0.2, 0.25) is 0 Å². The Kier molecular flexibility index (Phi) is 4.66. The van der Waals surface area contributed by atoms with E-state index >= 15 is 0 Å². The Balaban J connectivity index is 2.78. The fourth-order valence-electron chi connectivity index (χ4n) is 1.05. The molecular weight excluding hydrogens is 200 g/mol. The standard InChI is InChI=1S/C11H13ClO2/c1-13-11(14-2)8-10(12)9-6-4-3-5-7-9/h3-8,11H,1-2H3/b10-8-. The highest BCUT2D eigenvalue weighted by Crippen LogP contribution is 2.19. The van der Waals surface area contributed by atoms with Crippen molar-refractivity contribution in [3.63, 3.8) is 0 Å². The first kappa shape index (κ1) is 11.2. The van der Waals surface area contributed by atoms with E-state index in [9.17, 15) is 0 Å². The topological polar surface area (TPSA) is 18.5 Å². The predicted octanol–water partition coefficient (Wildman–Crippen LogP) is 2.89. The zero-order chi connectivity index (χ0) is 10.4. The van der Waals surface area contributed by atoms with Gasteiger partial charge in [-0.3, -0.25) is 0 Å². The zero-order valence-electron chi connectivity index (χ0n) is 8.24. The molecule has 3 heteroatoms. The maximum atomic E-state index is 6.06. The van der Waals surface area contributed by atoms with Gasteiger partial charge >= 0.3 is 0 Å². The molecule has 0 aromatic heterocycles. The molecule has 0 saturated heterocycles. The third kappa shape index (κ3) is 3.14. The number of rotatable bonds is 4. The van der Waals surface area contributed by atoms with Crippen molar-refractivity contribution in [3.05, 3.63) is 42.0 Å². The van der Waals surface area contributed by atoms with Gasteiger partial charge in [0, 0.05) is 19.3 Å². The summed E-state index contributed by atoms with van der Waals surface area (Å²) in [6, 6.07) is 9.67. The van der Waals surface area contributed by atoms with E-state index in [2.05, 4.69) is 0 Å². The molecule has 76 valence electrons. The molecule has 0 aliphatic heterocycles. The first-order chi connectivity index (χ1) is 6.77. The lowest BCUT2D eigenvalue weighted by atomic mass is 10.2. The summed E-state index contributed by atoms with van der Waals surface area (Å²) < 4.78 is 10.0. The van der Waals surface area contributed by atoms with Crippen molar-refractivity contribution in [2.24, 2.45) is 0 Å². The molecule has 2 nitrogen and oxygen atoms in total. The summed E-state index contributed by atoms with van der Waals surface area (Å²) in [5.74, 6) is 0. The van der Waals surface area contributed by atoms with Gasteiger partial charge in [-0.15, -0.1) is 0 Å². The van der Waals surface area contributed by atoms with E-state index < -0.39 is 6.29 Å². The van der Waals surface area contributed by atoms with Gasteiger partial charge in [-0.2, -0.15) is 0 Å². The molecule has 1 aromatic carbocycles. The Hall–Kier alpha value is -0.830. The predicted molar refractivity (Wildman–Crippen MR) is 58.1 cm³/mol. The van der Waals surface area contributed by atoms with Gasteiger partial charge in [-0.1, -0.05) is 41.9 Å². The van der Waals surface area contributed by atoms with Crippen LogP contribution in [0.3, 0.4) is 0 Å². The van der Waals surface area contributed by atoms with Crippen LogP contribution in [-0.2, 0) is 9.47 Å². The lowest BCUT2D eigenvalue weighted by Gasteiger charge is -2.09. The van der Waals surface area contributed by atoms with Crippen LogP contribution in [-0.4, -0.2) is 20.5 Å². The highest BCUT2D eigenvalue weighted by molar-refractivity contribution is 6.48. The monoisotopic (exact) mass is 212 g/mol. The van der Waals surface area contributed by atoms with Crippen molar-refractivity contribution in [1.82, 2.24) is 0 Å². The molecule has 0 aliphatic rings. The number of benzene rings is 1. The van der Waals surface area contributed by atoms with Gasteiger partial charge in [0.1, 0.15) is 0 Å². The maximum Gasteiger partial charge on any atom is 0.177 e. The molecule has 0 atom stereocenters. The average Bonchev–Trinajstić information content (AvgIpc) is 2.26. The van der Waals surface area contributed by atoms with Gasteiger partial charge in [0.15, 0.2) is 6.29 Å². The molecule has 1 rings (SSSR count). The summed E-state index contributed by atoms with van der Waals surface area (Å²) in [5.41, 5.74) is 0.952. The fourth-order valence-corrected chi connectivity index (χ4v) is 1.27. The molecule has 0 amide bonds. The van der Waals surface area contributed by atoms with Gasteiger partial charge in [0.05, 0.1) is 0 Å². The van der Waals surface area contributed by atoms with E-state index in [1.165, 1.54) is 0 Å². The van der Waals surface area contributed by atoms with Crippen molar-refractivity contribution in [1.29, 1.82) is 0 Å². The molecule has 0 N–H and O–H groups in total. The molecule has 1 aromatic rings. The first-order valence-corrected chi connectivity index (χ1v) is 4.64. The van der Waals surface area contributed by atoms with E-state index in [-0.39, 0.29) is 0 Å². The SMILES string of the molecule is COC(/C=C(\Cl)c1ccccc1)OC. The molecule has 0 unspecified atom stereocenters. The Bertz CT molecular complexity index is 291. The molecule has 0 spiro atoms. The number of methoxy groups -OCH3 is 2. The molecule has 0 radical (unpaired) electrons. The maximum absolute atomic E-state index is 6.06. The third-order valence-corrected chi connectivity index (χ3v) is 2.14. The molecule has 0 aliphatic carbocycles. The van der Waals surface area contributed by atoms with Crippen molar-refractivity contribution in [3.8, 4) is 0 Å². The quantitative estimate of drug-likeness (QED) is 0.715. The minimum absolute atomic E-state index is 0.400. The minimum Gasteiger partial charge on any atom is -0.352 e. The van der Waals surface area contributed by atoms with Crippen LogP contribution in [0, 0.1) is 0 Å². The minimum atomic E-state index is -0.400. The van der Waals surface area contributed by atoms with Crippen LogP contribution in [0.2, 0.25) is 0 Å². The average molecular weight is 213 g/mol. The summed E-state index contributed by atoms with van der Waals surface area (Å²) in [4.78, 5) is 0. The van der Waals surface area contributed by atoms with Gasteiger partial charge in [-0.05, 0) is 11.6 Å². The van der Waals surface area contributed by atoms with Crippen LogP contribution in [0.5, 0.6) is 0 Å². The Morgan fingerprint density at radius 2 is 1.79 bits per heavy atom. The smallest absolute Gasteiger partial charge is 0.177 e. The van der Waals surface area contributed by atoms with E-state index in [0.29, 0.717) is 5.03 Å². The largest absolute Gasteiger partial charge is 0.352 e. The molecule has 0 saturated carbocycles. The number of halogens is 1. The van der Waals surface area contributed by atoms with Gasteiger partial charge < -0.3 is 9.47 Å². The van der Waals surface area contributed by atoms with Gasteiger partial charge in [0.25, 0.3) is 0 Å². The van der Waals surface area contributed by atoms with Gasteiger partial charge in [-0.25, -0.2) is 0 Å². The van der Waals surface area contributed by atoms with Crippen molar-refractivity contribution in [2.45, 2.75) is 6.29 Å². The van der Waals surface area contributed by atoms with Crippen LogP contribution >= 0.6 is 11.6 Å². The van der Waals surface area contributed by atoms with Crippen LogP contribution in [0.4, 0.5) is 0 Å². The van der Waals surface area contributed by atoms with Crippen molar-refractivity contribution in [2.75, 3.05) is 14.2 Å². The van der Waals surface area contributed by atoms with Crippen LogP contribution in [0.25, 0.3) is 5.03 Å². The lowest BCUT2D eigenvalue weighted by Crippen LogP contribution is -2.09. The van der Waals surface area contributed by atoms with E-state index in [4.69, 9.17) is 21.1 Å². The molecular formula is C11H13ClO2. The molecule has 0 heterocycles. The molecule has 0 fully saturated rings. The number of hydrogen-bond donors (Lipinski definition) is 0. The van der Waals surface area contributed by atoms with E-state index in [0.717, 1.165) is 5.56 Å². The molecule has 0 bridgehead atoms. The fraction of sp³-hybridized carbons (Fsp3) is 0.273. The lowest BCUT2D eigenvalue weighted by molar-refractivity contribution is -0.0661. The van der Waals surface area contributed by atoms with E-state index in [1.807, 2.05) is 30.3 Å². The normalized spacial score (nSPS) is 12.1. The summed E-state index contributed by atoms with van der Waals surface area (Å²) in [6.07, 6.45) is 1.32. The second kappa shape index (κ2) is 5.81. The van der Waals surface area contributed by atoms with E-state index in [1.54, 1.807) is 20.3 Å². The summed E-state index contributed by atoms with van der Waals surface area (Å²) in [6.45, 7) is 0. The Morgan fingerprint density at radius 3 is 2.29 bits per heavy atom. The zero-order valence-corrected chi connectivity index (χ0v) is 8.99. The highest BCUT2D eigenvalue weighted by Gasteiger charge is 2.03. The molecule has 14 heavy (non-hydrogen) atoms. The van der Waals surface area contributed by atoms with Crippen LogP contribution in [0.1, 0.15) is 5.56 Å². The third-order valence-electron chi connectivity index (χ3n) is 1.80. The van der Waals surface area contributed by atoms with Crippen LogP contribution < -0.4 is 0 Å². The second-order valence-corrected chi connectivity index (χ2v) is 3.13. The summed E-state index contributed by atoms with van der Waals surface area (Å²) in [5, 5.41) is 0.624. The number of ether oxygens (including phenoxy) is 2. The summed E-state index contributed by atoms with van der Waals surface area (Å²) >= 11 is 6.06. The second-order valence-electron chi connectivity index (χ2n) is 2.72. The Morgan fingerprint density at radius 1 is 1.21 bits per heavy atom. The first-order valence-electron chi connectivity index (χ1n) is 4.26. The van der Waals surface area contributed by atoms with Crippen molar-refractivity contribution < 1.29 is 9.47 Å².